The Morgan fingerprint density at radius 1 is 1.50 bits per heavy atom. The minimum absolute atomic E-state index is 0.0893. The number of hydrogen-bond acceptors (Lipinski definition) is 3. The second-order valence-electron chi connectivity index (χ2n) is 6.05. The molecule has 0 spiro atoms. The minimum Gasteiger partial charge on any atom is -0.387 e. The van der Waals surface area contributed by atoms with Crippen LogP contribution < -0.4 is 5.32 Å². The van der Waals surface area contributed by atoms with Gasteiger partial charge in [0.15, 0.2) is 0 Å². The molecule has 4 nitrogen and oxygen atoms in total. The van der Waals surface area contributed by atoms with Crippen molar-refractivity contribution >= 4 is 23.2 Å². The topological polar surface area (TPSA) is 52.6 Å². The molecule has 108 valence electrons. The molecule has 0 atom stereocenters. The van der Waals surface area contributed by atoms with E-state index in [0.29, 0.717) is 36.3 Å². The normalized spacial score (nSPS) is 21.4. The number of aryl methyl sites for hydroxylation is 1. The molecule has 0 unspecified atom stereocenters. The number of β-amino-alcohol motifs (C(OH)–C–C–N with tert-alkyl or cyclic N) is 1. The van der Waals surface area contributed by atoms with E-state index in [1.165, 1.54) is 0 Å². The minimum atomic E-state index is -0.540. The fraction of sp³-hybridized carbons (Fsp3) is 0.533. The van der Waals surface area contributed by atoms with Gasteiger partial charge in [-0.1, -0.05) is 17.7 Å². The summed E-state index contributed by atoms with van der Waals surface area (Å²) < 4.78 is 0. The third-order valence-corrected chi connectivity index (χ3v) is 4.41. The summed E-state index contributed by atoms with van der Waals surface area (Å²) in [4.78, 5) is 13.9. The zero-order valence-corrected chi connectivity index (χ0v) is 12.3. The van der Waals surface area contributed by atoms with Gasteiger partial charge in [0.25, 0.3) is 0 Å². The molecule has 0 radical (unpaired) electrons. The van der Waals surface area contributed by atoms with Crippen molar-refractivity contribution in [2.24, 2.45) is 5.92 Å². The quantitative estimate of drug-likeness (QED) is 0.893. The van der Waals surface area contributed by atoms with Gasteiger partial charge in [-0.2, -0.15) is 0 Å². The molecule has 2 N–H and O–H groups in total. The van der Waals surface area contributed by atoms with Gasteiger partial charge in [-0.05, 0) is 43.4 Å². The van der Waals surface area contributed by atoms with Crippen molar-refractivity contribution in [3.63, 3.8) is 0 Å². The van der Waals surface area contributed by atoms with Gasteiger partial charge in [0.1, 0.15) is 0 Å². The predicted molar refractivity (Wildman–Crippen MR) is 78.9 cm³/mol. The van der Waals surface area contributed by atoms with Crippen molar-refractivity contribution in [2.45, 2.75) is 25.4 Å². The maximum atomic E-state index is 12.0. The summed E-state index contributed by atoms with van der Waals surface area (Å²) in [6.45, 7) is 3.47. The van der Waals surface area contributed by atoms with E-state index in [-0.39, 0.29) is 5.91 Å². The van der Waals surface area contributed by atoms with Crippen LogP contribution in [0.1, 0.15) is 18.4 Å². The number of carbonyl (C=O) groups is 1. The van der Waals surface area contributed by atoms with Crippen LogP contribution in [0, 0.1) is 12.8 Å². The first-order valence-electron chi connectivity index (χ1n) is 6.97. The molecule has 1 aliphatic heterocycles. The maximum Gasteiger partial charge on any atom is 0.238 e. The second kappa shape index (κ2) is 5.02. The Morgan fingerprint density at radius 2 is 2.20 bits per heavy atom. The standard InChI is InChI=1S/C15H19ClN2O2/c1-10-2-5-13(12(16)6-10)17-14(19)7-18-8-15(20,9-18)11-3-4-11/h2,5-6,11,20H,3-4,7-9H2,1H3,(H,17,19). The van der Waals surface area contributed by atoms with Crippen LogP contribution in [0.4, 0.5) is 5.69 Å². The maximum absolute atomic E-state index is 12.0. The second-order valence-corrected chi connectivity index (χ2v) is 6.46. The molecule has 0 aromatic heterocycles. The van der Waals surface area contributed by atoms with Crippen molar-refractivity contribution < 1.29 is 9.90 Å². The Bertz CT molecular complexity index is 537. The number of rotatable bonds is 4. The molecule has 1 aromatic rings. The fourth-order valence-corrected chi connectivity index (χ4v) is 3.12. The molecule has 1 saturated heterocycles. The van der Waals surface area contributed by atoms with Crippen molar-refractivity contribution in [1.29, 1.82) is 0 Å². The third kappa shape index (κ3) is 2.82. The lowest BCUT2D eigenvalue weighted by molar-refractivity contribution is -0.132. The zero-order valence-electron chi connectivity index (χ0n) is 11.5. The van der Waals surface area contributed by atoms with Crippen molar-refractivity contribution in [3.05, 3.63) is 28.8 Å². The molecular weight excluding hydrogens is 276 g/mol. The molecule has 2 fully saturated rings. The van der Waals surface area contributed by atoms with Gasteiger partial charge >= 0.3 is 0 Å². The molecule has 0 bridgehead atoms. The van der Waals surface area contributed by atoms with Crippen LogP contribution in [0.2, 0.25) is 5.02 Å². The number of nitrogens with zero attached hydrogens (tertiary/aromatic N) is 1. The van der Waals surface area contributed by atoms with E-state index >= 15 is 0 Å². The number of amides is 1. The lowest BCUT2D eigenvalue weighted by Gasteiger charge is -2.46. The number of likely N-dealkylation sites (tertiary alicyclic amines) is 1. The Kier molecular flexibility index (Phi) is 3.48. The van der Waals surface area contributed by atoms with Crippen LogP contribution in [0.5, 0.6) is 0 Å². The van der Waals surface area contributed by atoms with E-state index in [1.54, 1.807) is 0 Å². The highest BCUT2D eigenvalue weighted by molar-refractivity contribution is 6.33. The Morgan fingerprint density at radius 3 is 2.80 bits per heavy atom. The Hall–Kier alpha value is -1.10. The van der Waals surface area contributed by atoms with Crippen LogP contribution in [-0.2, 0) is 4.79 Å². The number of hydrogen-bond donors (Lipinski definition) is 2. The first kappa shape index (κ1) is 13.9. The molecule has 1 aliphatic carbocycles. The molecule has 1 amide bonds. The number of halogens is 1. The highest BCUT2D eigenvalue weighted by atomic mass is 35.5. The van der Waals surface area contributed by atoms with Crippen LogP contribution >= 0.6 is 11.6 Å². The summed E-state index contributed by atoms with van der Waals surface area (Å²) in [5.41, 5.74) is 1.16. The fourth-order valence-electron chi connectivity index (χ4n) is 2.83. The number of carbonyl (C=O) groups excluding carboxylic acids is 1. The van der Waals surface area contributed by atoms with Crippen molar-refractivity contribution in [1.82, 2.24) is 4.90 Å². The highest BCUT2D eigenvalue weighted by Crippen LogP contribution is 2.44. The molecule has 2 aliphatic rings. The van der Waals surface area contributed by atoms with Crippen LogP contribution in [0.15, 0.2) is 18.2 Å². The lowest BCUT2D eigenvalue weighted by atomic mass is 9.89. The zero-order chi connectivity index (χ0) is 14.3. The molecule has 3 rings (SSSR count). The van der Waals surface area contributed by atoms with Gasteiger partial charge < -0.3 is 10.4 Å². The smallest absolute Gasteiger partial charge is 0.238 e. The number of anilines is 1. The summed E-state index contributed by atoms with van der Waals surface area (Å²) in [5, 5.41) is 13.6. The van der Waals surface area contributed by atoms with E-state index in [4.69, 9.17) is 11.6 Å². The number of nitrogens with one attached hydrogen (secondary N) is 1. The van der Waals surface area contributed by atoms with Crippen LogP contribution in [0.3, 0.4) is 0 Å². The van der Waals surface area contributed by atoms with Crippen molar-refractivity contribution in [2.75, 3.05) is 25.0 Å². The summed E-state index contributed by atoms with van der Waals surface area (Å²) in [6.07, 6.45) is 2.24. The van der Waals surface area contributed by atoms with Gasteiger partial charge in [0, 0.05) is 13.1 Å². The lowest BCUT2D eigenvalue weighted by Crippen LogP contribution is -2.64. The third-order valence-electron chi connectivity index (χ3n) is 4.10. The SMILES string of the molecule is Cc1ccc(NC(=O)CN2CC(O)(C3CC3)C2)c(Cl)c1. The average Bonchev–Trinajstić information content (AvgIpc) is 3.15. The first-order valence-corrected chi connectivity index (χ1v) is 7.35. The van der Waals surface area contributed by atoms with Gasteiger partial charge in [-0.25, -0.2) is 0 Å². The summed E-state index contributed by atoms with van der Waals surface area (Å²) in [7, 11) is 0. The molecule has 5 heteroatoms. The first-order chi connectivity index (χ1) is 9.46. The molecule has 1 aromatic carbocycles. The summed E-state index contributed by atoms with van der Waals surface area (Å²) in [5.74, 6) is 0.363. The monoisotopic (exact) mass is 294 g/mol. The van der Waals surface area contributed by atoms with E-state index in [9.17, 15) is 9.90 Å². The molecule has 20 heavy (non-hydrogen) atoms. The highest BCUT2D eigenvalue weighted by Gasteiger charge is 2.51. The van der Waals surface area contributed by atoms with Gasteiger partial charge in [0.2, 0.25) is 5.91 Å². The Labute approximate surface area is 123 Å². The largest absolute Gasteiger partial charge is 0.387 e. The summed E-state index contributed by atoms with van der Waals surface area (Å²) in [6, 6.07) is 5.55. The summed E-state index contributed by atoms with van der Waals surface area (Å²) >= 11 is 6.08. The van der Waals surface area contributed by atoms with Gasteiger partial charge in [-0.15, -0.1) is 0 Å². The van der Waals surface area contributed by atoms with Crippen molar-refractivity contribution in [3.8, 4) is 0 Å². The average molecular weight is 295 g/mol. The van der Waals surface area contributed by atoms with Gasteiger partial charge in [0.05, 0.1) is 22.9 Å². The van der Waals surface area contributed by atoms with E-state index in [0.717, 1.165) is 18.4 Å². The molecular formula is C15H19ClN2O2. The number of benzene rings is 1. The number of aliphatic hydroxyl groups is 1. The molecule has 1 saturated carbocycles. The van der Waals surface area contributed by atoms with E-state index in [2.05, 4.69) is 5.32 Å². The van der Waals surface area contributed by atoms with Crippen LogP contribution in [0.25, 0.3) is 0 Å². The predicted octanol–water partition coefficient (Wildman–Crippen LogP) is 2.04. The van der Waals surface area contributed by atoms with Gasteiger partial charge in [-0.3, -0.25) is 9.69 Å². The molecule has 1 heterocycles. The van der Waals surface area contributed by atoms with E-state index in [1.807, 2.05) is 30.0 Å². The Balaban J connectivity index is 1.50. The van der Waals surface area contributed by atoms with Crippen LogP contribution in [-0.4, -0.2) is 41.1 Å². The van der Waals surface area contributed by atoms with E-state index < -0.39 is 5.60 Å².